The monoisotopic (exact) mass is 266 g/mol. The van der Waals surface area contributed by atoms with Gasteiger partial charge in [0.15, 0.2) is 0 Å². The highest BCUT2D eigenvalue weighted by atomic mass is 14.5. The smallest absolute Gasteiger partial charge is 0.0991 e. The van der Waals surface area contributed by atoms with Gasteiger partial charge in [0.05, 0.1) is 23.1 Å². The average Bonchev–Trinajstić information content (AvgIpc) is 2.46. The van der Waals surface area contributed by atoms with Gasteiger partial charge in [-0.25, -0.2) is 0 Å². The Morgan fingerprint density at radius 2 is 1.60 bits per heavy atom. The second kappa shape index (κ2) is 5.29. The van der Waals surface area contributed by atoms with E-state index in [4.69, 9.17) is 5.26 Å². The molecule has 0 atom stereocenters. The molecule has 1 saturated carbocycles. The minimum atomic E-state index is -0.351. The van der Waals surface area contributed by atoms with E-state index >= 15 is 0 Å². The van der Waals surface area contributed by atoms with Crippen LogP contribution < -0.4 is 0 Å². The lowest BCUT2D eigenvalue weighted by Crippen LogP contribution is -2.34. The van der Waals surface area contributed by atoms with Gasteiger partial charge < -0.3 is 0 Å². The summed E-state index contributed by atoms with van der Waals surface area (Å²) in [5.41, 5.74) is 1.71. The lowest BCUT2D eigenvalue weighted by molar-refractivity contribution is 0.151. The Labute approximate surface area is 122 Å². The van der Waals surface area contributed by atoms with E-state index in [1.807, 2.05) is 24.3 Å². The highest BCUT2D eigenvalue weighted by Crippen LogP contribution is 2.46. The van der Waals surface area contributed by atoms with Crippen molar-refractivity contribution in [1.29, 1.82) is 10.5 Å². The Bertz CT molecular complexity index is 541. The highest BCUT2D eigenvalue weighted by Gasteiger charge is 2.40. The van der Waals surface area contributed by atoms with Crippen LogP contribution in [0.5, 0.6) is 0 Å². The van der Waals surface area contributed by atoms with Gasteiger partial charge in [0.1, 0.15) is 0 Å². The van der Waals surface area contributed by atoms with Gasteiger partial charge in [-0.3, -0.25) is 0 Å². The van der Waals surface area contributed by atoms with Crippen LogP contribution in [0.3, 0.4) is 0 Å². The summed E-state index contributed by atoms with van der Waals surface area (Å²) in [6.45, 7) is 6.87. The van der Waals surface area contributed by atoms with Gasteiger partial charge in [-0.05, 0) is 54.7 Å². The van der Waals surface area contributed by atoms with Crippen LogP contribution in [0.2, 0.25) is 0 Å². The molecule has 0 spiro atoms. The number of hydrogen-bond donors (Lipinski definition) is 0. The van der Waals surface area contributed by atoms with E-state index in [2.05, 4.69) is 32.9 Å². The number of hydrogen-bond acceptors (Lipinski definition) is 2. The highest BCUT2D eigenvalue weighted by molar-refractivity contribution is 5.38. The predicted octanol–water partition coefficient (Wildman–Crippen LogP) is 4.56. The van der Waals surface area contributed by atoms with Crippen molar-refractivity contribution in [3.63, 3.8) is 0 Å². The van der Waals surface area contributed by atoms with E-state index in [1.54, 1.807) is 0 Å². The molecule has 0 amide bonds. The topological polar surface area (TPSA) is 47.6 Å². The van der Waals surface area contributed by atoms with Crippen molar-refractivity contribution in [2.45, 2.75) is 51.9 Å². The van der Waals surface area contributed by atoms with Crippen molar-refractivity contribution in [1.82, 2.24) is 0 Å². The van der Waals surface area contributed by atoms with Crippen LogP contribution in [0.25, 0.3) is 0 Å². The minimum Gasteiger partial charge on any atom is -0.197 e. The first kappa shape index (κ1) is 14.6. The lowest BCUT2D eigenvalue weighted by Gasteiger charge is -2.40. The van der Waals surface area contributed by atoms with Crippen molar-refractivity contribution in [3.8, 4) is 12.1 Å². The molecule has 0 aliphatic heterocycles. The van der Waals surface area contributed by atoms with Gasteiger partial charge in [0, 0.05) is 0 Å². The fourth-order valence-corrected chi connectivity index (χ4v) is 3.31. The third-order valence-electron chi connectivity index (χ3n) is 4.84. The van der Waals surface area contributed by atoms with Crippen LogP contribution in [0, 0.1) is 34.0 Å². The number of benzene rings is 1. The van der Waals surface area contributed by atoms with Crippen molar-refractivity contribution in [2.24, 2.45) is 11.3 Å². The second-order valence-electron chi connectivity index (χ2n) is 7.02. The van der Waals surface area contributed by atoms with Crippen LogP contribution in [0.4, 0.5) is 0 Å². The van der Waals surface area contributed by atoms with Gasteiger partial charge in [0.2, 0.25) is 0 Å². The molecular weight excluding hydrogens is 244 g/mol. The largest absolute Gasteiger partial charge is 0.197 e. The molecule has 2 nitrogen and oxygen atoms in total. The van der Waals surface area contributed by atoms with Crippen LogP contribution in [0.15, 0.2) is 24.3 Å². The van der Waals surface area contributed by atoms with Crippen molar-refractivity contribution in [3.05, 3.63) is 35.4 Å². The first-order valence-electron chi connectivity index (χ1n) is 7.33. The number of nitrogens with zero attached hydrogens (tertiary/aromatic N) is 2. The molecule has 1 aliphatic rings. The standard InChI is InChI=1S/C18H22N2/c1-17(2,3)15-8-10-18(13-20,11-9-15)16-6-4-14(12-19)5-7-16/h4-7,15H,8-11H2,1-3H3. The molecule has 0 saturated heterocycles. The van der Waals surface area contributed by atoms with Gasteiger partial charge >= 0.3 is 0 Å². The molecule has 2 rings (SSSR count). The Morgan fingerprint density at radius 1 is 1.05 bits per heavy atom. The minimum absolute atomic E-state index is 0.326. The van der Waals surface area contributed by atoms with Crippen LogP contribution in [0.1, 0.15) is 57.6 Å². The summed E-state index contributed by atoms with van der Waals surface area (Å²) in [6.07, 6.45) is 4.07. The van der Waals surface area contributed by atoms with E-state index in [9.17, 15) is 5.26 Å². The van der Waals surface area contributed by atoms with Crippen molar-refractivity contribution < 1.29 is 0 Å². The predicted molar refractivity (Wildman–Crippen MR) is 79.9 cm³/mol. The maximum atomic E-state index is 9.70. The molecule has 0 aromatic heterocycles. The first-order valence-corrected chi connectivity index (χ1v) is 7.33. The molecule has 1 aromatic rings. The molecule has 0 N–H and O–H groups in total. The van der Waals surface area contributed by atoms with E-state index in [1.165, 1.54) is 0 Å². The quantitative estimate of drug-likeness (QED) is 0.748. The third kappa shape index (κ3) is 2.70. The third-order valence-corrected chi connectivity index (χ3v) is 4.84. The summed E-state index contributed by atoms with van der Waals surface area (Å²) in [4.78, 5) is 0. The van der Waals surface area contributed by atoms with Crippen LogP contribution in [-0.4, -0.2) is 0 Å². The molecule has 0 radical (unpaired) electrons. The molecule has 1 aliphatic carbocycles. The maximum Gasteiger partial charge on any atom is 0.0991 e. The molecule has 0 heterocycles. The molecule has 0 bridgehead atoms. The molecule has 0 unspecified atom stereocenters. The fourth-order valence-electron chi connectivity index (χ4n) is 3.31. The summed E-state index contributed by atoms with van der Waals surface area (Å²) in [7, 11) is 0. The number of rotatable bonds is 1. The summed E-state index contributed by atoms with van der Waals surface area (Å²) in [6, 6.07) is 12.3. The molecule has 1 aromatic carbocycles. The van der Waals surface area contributed by atoms with Crippen molar-refractivity contribution >= 4 is 0 Å². The summed E-state index contributed by atoms with van der Waals surface area (Å²) < 4.78 is 0. The normalized spacial score (nSPS) is 26.6. The molecule has 104 valence electrons. The Hall–Kier alpha value is -1.80. The number of nitriles is 2. The zero-order chi connectivity index (χ0) is 14.8. The lowest BCUT2D eigenvalue weighted by atomic mass is 9.62. The summed E-state index contributed by atoms with van der Waals surface area (Å²) in [5, 5.41) is 18.6. The fraction of sp³-hybridized carbons (Fsp3) is 0.556. The van der Waals surface area contributed by atoms with Gasteiger partial charge in [-0.15, -0.1) is 0 Å². The van der Waals surface area contributed by atoms with E-state index in [-0.39, 0.29) is 5.41 Å². The van der Waals surface area contributed by atoms with E-state index < -0.39 is 0 Å². The first-order chi connectivity index (χ1) is 9.41. The Kier molecular flexibility index (Phi) is 3.87. The van der Waals surface area contributed by atoms with Gasteiger partial charge in [-0.1, -0.05) is 32.9 Å². The van der Waals surface area contributed by atoms with E-state index in [0.29, 0.717) is 16.9 Å². The Morgan fingerprint density at radius 3 is 2.00 bits per heavy atom. The van der Waals surface area contributed by atoms with Gasteiger partial charge in [0.25, 0.3) is 0 Å². The molecule has 1 fully saturated rings. The van der Waals surface area contributed by atoms with Crippen LogP contribution >= 0.6 is 0 Å². The van der Waals surface area contributed by atoms with Gasteiger partial charge in [-0.2, -0.15) is 10.5 Å². The van der Waals surface area contributed by atoms with E-state index in [0.717, 1.165) is 31.2 Å². The SMILES string of the molecule is CC(C)(C)C1CCC(C#N)(c2ccc(C#N)cc2)CC1. The van der Waals surface area contributed by atoms with Crippen molar-refractivity contribution in [2.75, 3.05) is 0 Å². The summed E-state index contributed by atoms with van der Waals surface area (Å²) >= 11 is 0. The zero-order valence-electron chi connectivity index (χ0n) is 12.6. The molecule has 2 heteroatoms. The molecule has 20 heavy (non-hydrogen) atoms. The zero-order valence-corrected chi connectivity index (χ0v) is 12.6. The Balaban J connectivity index is 2.21. The van der Waals surface area contributed by atoms with Crippen LogP contribution in [-0.2, 0) is 5.41 Å². The average molecular weight is 266 g/mol. The second-order valence-corrected chi connectivity index (χ2v) is 7.02. The summed E-state index contributed by atoms with van der Waals surface area (Å²) in [5.74, 6) is 0.697. The maximum absolute atomic E-state index is 9.70. The molecular formula is C18H22N2.